The van der Waals surface area contributed by atoms with E-state index < -0.39 is 20.0 Å². The topological polar surface area (TPSA) is 108 Å². The van der Waals surface area contributed by atoms with E-state index in [-0.39, 0.29) is 19.1 Å². The number of quaternary nitrogens is 1. The fraction of sp³-hybridized carbons (Fsp3) is 0.932. The number of aliphatic hydroxyl groups excluding tert-OH is 1. The lowest BCUT2D eigenvalue weighted by molar-refractivity contribution is -0.870. The molecule has 0 aromatic rings. The zero-order valence-corrected chi connectivity index (χ0v) is 56.9. The molecule has 82 heavy (non-hydrogen) atoms. The molecule has 1 amide bonds. The zero-order chi connectivity index (χ0) is 59.8. The molecule has 0 aliphatic rings. The van der Waals surface area contributed by atoms with Crippen molar-refractivity contribution in [3.8, 4) is 0 Å². The molecule has 0 aliphatic carbocycles. The lowest BCUT2D eigenvalue weighted by Gasteiger charge is -2.29. The zero-order valence-electron chi connectivity index (χ0n) is 56.0. The molecule has 0 rings (SSSR count). The summed E-state index contributed by atoms with van der Waals surface area (Å²) in [7, 11) is 1.26. The van der Waals surface area contributed by atoms with E-state index in [0.717, 1.165) is 38.5 Å². The van der Waals surface area contributed by atoms with Crippen molar-refractivity contribution in [2.75, 3.05) is 40.9 Å². The van der Waals surface area contributed by atoms with Crippen LogP contribution >= 0.6 is 7.82 Å². The highest BCUT2D eigenvalue weighted by Crippen LogP contribution is 2.38. The number of hydrogen-bond acceptors (Lipinski definition) is 6. The molecule has 8 nitrogen and oxygen atoms in total. The molecule has 0 bridgehead atoms. The van der Waals surface area contributed by atoms with Gasteiger partial charge in [0.05, 0.1) is 39.9 Å². The van der Waals surface area contributed by atoms with Crippen molar-refractivity contribution in [1.82, 2.24) is 5.32 Å². The molecule has 0 spiro atoms. The Morgan fingerprint density at radius 3 is 0.988 bits per heavy atom. The molecule has 0 saturated heterocycles. The average molecular weight is 1180 g/mol. The van der Waals surface area contributed by atoms with Crippen LogP contribution in [-0.2, 0) is 18.4 Å². The quantitative estimate of drug-likeness (QED) is 0.0272. The van der Waals surface area contributed by atoms with Gasteiger partial charge in [0.15, 0.2) is 0 Å². The molecular weight excluding hydrogens is 1030 g/mol. The van der Waals surface area contributed by atoms with Gasteiger partial charge >= 0.3 is 0 Å². The summed E-state index contributed by atoms with van der Waals surface area (Å²) in [5, 5.41) is 13.9. The number of unbranched alkanes of at least 4 members (excludes halogenated alkanes) is 54. The van der Waals surface area contributed by atoms with Crippen LogP contribution in [-0.4, -0.2) is 68.5 Å². The first-order chi connectivity index (χ1) is 40.0. The standard InChI is InChI=1S/C73H145N2O6P/c1-6-8-10-12-14-16-18-20-22-24-26-27-28-29-30-31-32-33-34-35-36-37-38-39-40-41-42-43-44-45-46-47-49-51-53-55-57-59-61-63-65-67-73(77)74-71(70-81-82(78,79)80-69-68-75(3,4)5)72(76)66-64-62-60-58-56-54-52-50-48-25-23-21-19-17-15-13-11-9-7-2/h56,58,64,66,71-72,76H,6-55,57,59-63,65,67-70H2,1-5H3,(H-,74,77,78,79)/b58-56+,66-64+. The molecule has 9 heteroatoms. The first-order valence-corrected chi connectivity index (χ1v) is 38.2. The Kier molecular flexibility index (Phi) is 63.7. The van der Waals surface area contributed by atoms with E-state index in [1.54, 1.807) is 6.08 Å². The van der Waals surface area contributed by atoms with Crippen molar-refractivity contribution < 1.29 is 32.9 Å². The minimum atomic E-state index is -4.61. The second-order valence-corrected chi connectivity index (χ2v) is 28.1. The number of phosphoric acid groups is 1. The second kappa shape index (κ2) is 64.5. The third kappa shape index (κ3) is 66.5. The number of aliphatic hydroxyl groups is 1. The maximum Gasteiger partial charge on any atom is 0.268 e. The van der Waals surface area contributed by atoms with E-state index >= 15 is 0 Å². The Labute approximate surface area is 513 Å². The molecule has 0 fully saturated rings. The number of allylic oxidation sites excluding steroid dienone is 3. The summed E-state index contributed by atoms with van der Waals surface area (Å²) in [6.45, 7) is 4.69. The van der Waals surface area contributed by atoms with Gasteiger partial charge in [0, 0.05) is 6.42 Å². The van der Waals surface area contributed by atoms with Gasteiger partial charge in [-0.05, 0) is 32.1 Å². The highest BCUT2D eigenvalue weighted by molar-refractivity contribution is 7.45. The van der Waals surface area contributed by atoms with Crippen LogP contribution in [0, 0.1) is 0 Å². The first kappa shape index (κ1) is 81.0. The normalized spacial score (nSPS) is 13.7. The van der Waals surface area contributed by atoms with Gasteiger partial charge in [-0.1, -0.05) is 372 Å². The smallest absolute Gasteiger partial charge is 0.268 e. The molecule has 488 valence electrons. The van der Waals surface area contributed by atoms with Crippen LogP contribution in [0.4, 0.5) is 0 Å². The van der Waals surface area contributed by atoms with Crippen LogP contribution in [0.3, 0.4) is 0 Å². The molecule has 2 N–H and O–H groups in total. The third-order valence-corrected chi connectivity index (χ3v) is 18.1. The number of nitrogens with one attached hydrogen (secondary N) is 1. The Hall–Kier alpha value is -1.02. The van der Waals surface area contributed by atoms with Gasteiger partial charge in [0.1, 0.15) is 13.2 Å². The summed E-state index contributed by atoms with van der Waals surface area (Å²) in [6.07, 6.45) is 84.9. The number of amides is 1. The third-order valence-electron chi connectivity index (χ3n) is 17.2. The molecule has 0 aliphatic heterocycles. The number of phosphoric ester groups is 1. The Balaban J connectivity index is 3.88. The molecule has 0 aromatic carbocycles. The molecule has 0 aromatic heterocycles. The molecule has 3 atom stereocenters. The van der Waals surface area contributed by atoms with Crippen molar-refractivity contribution >= 4 is 13.7 Å². The van der Waals surface area contributed by atoms with Crippen LogP contribution in [0.5, 0.6) is 0 Å². The van der Waals surface area contributed by atoms with Crippen LogP contribution in [0.25, 0.3) is 0 Å². The van der Waals surface area contributed by atoms with Gasteiger partial charge in [-0.15, -0.1) is 0 Å². The number of carbonyl (C=O) groups excluding carboxylic acids is 1. The summed E-state index contributed by atoms with van der Waals surface area (Å²) in [5.74, 6) is -0.199. The molecule has 3 unspecified atom stereocenters. The lowest BCUT2D eigenvalue weighted by Crippen LogP contribution is -2.45. The van der Waals surface area contributed by atoms with Gasteiger partial charge in [-0.2, -0.15) is 0 Å². The molecule has 0 saturated carbocycles. The van der Waals surface area contributed by atoms with Crippen LogP contribution in [0.1, 0.15) is 386 Å². The minimum absolute atomic E-state index is 0.00353. The summed E-state index contributed by atoms with van der Waals surface area (Å²) < 4.78 is 23.4. The Morgan fingerprint density at radius 2 is 0.683 bits per heavy atom. The van der Waals surface area contributed by atoms with E-state index in [0.29, 0.717) is 17.4 Å². The van der Waals surface area contributed by atoms with Crippen molar-refractivity contribution in [2.45, 2.75) is 398 Å². The van der Waals surface area contributed by atoms with E-state index in [1.165, 1.54) is 327 Å². The highest BCUT2D eigenvalue weighted by Gasteiger charge is 2.23. The van der Waals surface area contributed by atoms with Gasteiger partial charge in [0.2, 0.25) is 5.91 Å². The van der Waals surface area contributed by atoms with Crippen LogP contribution in [0.15, 0.2) is 24.3 Å². The number of hydrogen-bond donors (Lipinski definition) is 2. The van der Waals surface area contributed by atoms with Crippen molar-refractivity contribution in [2.24, 2.45) is 0 Å². The fourth-order valence-electron chi connectivity index (χ4n) is 11.5. The Bertz CT molecular complexity index is 1390. The van der Waals surface area contributed by atoms with Crippen LogP contribution in [0.2, 0.25) is 0 Å². The van der Waals surface area contributed by atoms with Gasteiger partial charge in [-0.3, -0.25) is 9.36 Å². The summed E-state index contributed by atoms with van der Waals surface area (Å²) in [5.41, 5.74) is 0. The van der Waals surface area contributed by atoms with E-state index in [4.69, 9.17) is 9.05 Å². The second-order valence-electron chi connectivity index (χ2n) is 26.7. The fourth-order valence-corrected chi connectivity index (χ4v) is 12.2. The molecular formula is C73H145N2O6P. The van der Waals surface area contributed by atoms with Gasteiger partial charge in [0.25, 0.3) is 7.82 Å². The van der Waals surface area contributed by atoms with Gasteiger partial charge in [-0.25, -0.2) is 0 Å². The molecule has 0 heterocycles. The first-order valence-electron chi connectivity index (χ1n) is 36.7. The van der Waals surface area contributed by atoms with E-state index in [1.807, 2.05) is 27.2 Å². The van der Waals surface area contributed by atoms with E-state index in [9.17, 15) is 19.4 Å². The largest absolute Gasteiger partial charge is 0.756 e. The maximum atomic E-state index is 13.0. The lowest BCUT2D eigenvalue weighted by atomic mass is 10.0. The number of nitrogens with zero attached hydrogens (tertiary/aromatic N) is 1. The van der Waals surface area contributed by atoms with Crippen molar-refractivity contribution in [3.63, 3.8) is 0 Å². The number of carbonyl (C=O) groups is 1. The number of likely N-dealkylation sites (N-methyl/N-ethyl adjacent to an activating group) is 1. The number of rotatable bonds is 69. The van der Waals surface area contributed by atoms with Crippen LogP contribution < -0.4 is 10.2 Å². The average Bonchev–Trinajstić information content (AvgIpc) is 3.47. The SMILES string of the molecule is CCCCCCCCCCCCCCC/C=C/CC/C=C/C(O)C(COP(=O)([O-])OCC[N+](C)(C)C)NC(=O)CCCCCCCCCCCCCCCCCCCCCCCCCCCCCCCCCCCCCCCCCCC. The van der Waals surface area contributed by atoms with Gasteiger partial charge < -0.3 is 28.8 Å². The summed E-state index contributed by atoms with van der Waals surface area (Å²) in [4.78, 5) is 25.6. The predicted octanol–water partition coefficient (Wildman–Crippen LogP) is 22.8. The highest BCUT2D eigenvalue weighted by atomic mass is 31.2. The van der Waals surface area contributed by atoms with E-state index in [2.05, 4.69) is 31.3 Å². The predicted molar refractivity (Wildman–Crippen MR) is 358 cm³/mol. The Morgan fingerprint density at radius 1 is 0.415 bits per heavy atom. The van der Waals surface area contributed by atoms with Crippen molar-refractivity contribution in [3.05, 3.63) is 24.3 Å². The maximum absolute atomic E-state index is 13.0. The minimum Gasteiger partial charge on any atom is -0.756 e. The monoisotopic (exact) mass is 1180 g/mol. The van der Waals surface area contributed by atoms with Crippen molar-refractivity contribution in [1.29, 1.82) is 0 Å². The summed E-state index contributed by atoms with van der Waals surface area (Å²) >= 11 is 0. The molecule has 0 radical (unpaired) electrons. The summed E-state index contributed by atoms with van der Waals surface area (Å²) in [6, 6.07) is -0.901.